The molecule has 4 rings (SSSR count). The van der Waals surface area contributed by atoms with Crippen LogP contribution in [0.2, 0.25) is 0 Å². The van der Waals surface area contributed by atoms with E-state index in [-0.39, 0.29) is 11.7 Å². The molecule has 0 aliphatic carbocycles. The van der Waals surface area contributed by atoms with Gasteiger partial charge < -0.3 is 9.88 Å². The molecule has 0 fully saturated rings. The zero-order valence-electron chi connectivity index (χ0n) is 17.4. The van der Waals surface area contributed by atoms with Gasteiger partial charge in [-0.1, -0.05) is 42.5 Å². The summed E-state index contributed by atoms with van der Waals surface area (Å²) in [7, 11) is 0. The number of hydrogen-bond donors (Lipinski definition) is 2. The van der Waals surface area contributed by atoms with Crippen LogP contribution in [0.4, 0.5) is 10.1 Å². The fraction of sp³-hybridized carbons (Fsp3) is 0.0800. The van der Waals surface area contributed by atoms with Crippen molar-refractivity contribution in [1.82, 2.24) is 9.99 Å². The summed E-state index contributed by atoms with van der Waals surface area (Å²) in [6.45, 7) is 1.78. The van der Waals surface area contributed by atoms with Gasteiger partial charge in [-0.05, 0) is 30.3 Å². The number of nitrogens with zero attached hydrogens (tertiary/aromatic N) is 2. The van der Waals surface area contributed by atoms with Crippen molar-refractivity contribution < 1.29 is 14.0 Å². The van der Waals surface area contributed by atoms with Gasteiger partial charge in [-0.3, -0.25) is 9.59 Å². The second-order valence-electron chi connectivity index (χ2n) is 7.28. The largest absolute Gasteiger partial charge is 0.342 e. The van der Waals surface area contributed by atoms with E-state index >= 15 is 0 Å². The third-order valence-corrected chi connectivity index (χ3v) is 4.93. The van der Waals surface area contributed by atoms with Crippen LogP contribution in [0.15, 0.2) is 84.1 Å². The number of anilines is 1. The quantitative estimate of drug-likeness (QED) is 0.349. The summed E-state index contributed by atoms with van der Waals surface area (Å²) in [6.07, 6.45) is 3.44. The minimum atomic E-state index is -0.399. The number of hydrazone groups is 1. The van der Waals surface area contributed by atoms with Crippen molar-refractivity contribution in [2.45, 2.75) is 13.5 Å². The molecule has 1 heterocycles. The van der Waals surface area contributed by atoms with E-state index in [0.29, 0.717) is 23.4 Å². The van der Waals surface area contributed by atoms with E-state index in [2.05, 4.69) is 15.8 Å². The fourth-order valence-electron chi connectivity index (χ4n) is 3.49. The molecule has 0 bridgehead atoms. The van der Waals surface area contributed by atoms with E-state index in [1.54, 1.807) is 42.6 Å². The molecule has 3 aromatic carbocycles. The predicted octanol–water partition coefficient (Wildman–Crippen LogP) is 4.55. The van der Waals surface area contributed by atoms with Crippen molar-refractivity contribution >= 4 is 34.6 Å². The highest BCUT2D eigenvalue weighted by Gasteiger charge is 2.10. The van der Waals surface area contributed by atoms with Crippen molar-refractivity contribution in [2.75, 3.05) is 5.32 Å². The molecule has 0 spiro atoms. The van der Waals surface area contributed by atoms with Gasteiger partial charge in [0.25, 0.3) is 5.91 Å². The summed E-state index contributed by atoms with van der Waals surface area (Å²) in [6, 6.07) is 21.0. The number of carbonyl (C=O) groups excluding carboxylic acids is 2. The van der Waals surface area contributed by atoms with E-state index in [0.717, 1.165) is 16.5 Å². The SMILES string of the molecule is CC(=O)Nc1cccc(C(=O)NN=Cc2cn(Cc3ccccc3F)c3ccccc23)c1. The minimum Gasteiger partial charge on any atom is -0.342 e. The van der Waals surface area contributed by atoms with Gasteiger partial charge in [0.2, 0.25) is 5.91 Å². The molecule has 0 aliphatic heterocycles. The van der Waals surface area contributed by atoms with Gasteiger partial charge in [0.15, 0.2) is 0 Å². The van der Waals surface area contributed by atoms with Crippen LogP contribution in [0, 0.1) is 5.82 Å². The lowest BCUT2D eigenvalue weighted by Crippen LogP contribution is -2.18. The first-order chi connectivity index (χ1) is 15.5. The van der Waals surface area contributed by atoms with Crippen LogP contribution < -0.4 is 10.7 Å². The van der Waals surface area contributed by atoms with Crippen LogP contribution in [0.5, 0.6) is 0 Å². The lowest BCUT2D eigenvalue weighted by molar-refractivity contribution is -0.114. The summed E-state index contributed by atoms with van der Waals surface area (Å²) in [5.41, 5.74) is 5.73. The van der Waals surface area contributed by atoms with Crippen LogP contribution in [0.25, 0.3) is 10.9 Å². The average molecular weight is 428 g/mol. The van der Waals surface area contributed by atoms with E-state index < -0.39 is 5.91 Å². The standard InChI is InChI=1S/C25H21FN4O2/c1-17(31)28-21-9-6-8-18(13-21)25(32)29-27-14-20-16-30(24-12-5-3-10-22(20)24)15-19-7-2-4-11-23(19)26/h2-14,16H,15H2,1H3,(H,28,31)(H,29,32). The van der Waals surface area contributed by atoms with Crippen molar-refractivity contribution in [3.8, 4) is 0 Å². The van der Waals surface area contributed by atoms with Crippen molar-refractivity contribution in [1.29, 1.82) is 0 Å². The summed E-state index contributed by atoms with van der Waals surface area (Å²) in [5.74, 6) is -0.870. The molecule has 7 heteroatoms. The monoisotopic (exact) mass is 428 g/mol. The molecule has 0 unspecified atom stereocenters. The first kappa shape index (κ1) is 21.0. The summed E-state index contributed by atoms with van der Waals surface area (Å²) in [4.78, 5) is 23.6. The fourth-order valence-corrected chi connectivity index (χ4v) is 3.49. The van der Waals surface area contributed by atoms with E-state index in [4.69, 9.17) is 0 Å². The Morgan fingerprint density at radius 1 is 1.03 bits per heavy atom. The molecule has 0 saturated carbocycles. The maximum Gasteiger partial charge on any atom is 0.271 e. The Bertz CT molecular complexity index is 1330. The van der Waals surface area contributed by atoms with Crippen molar-refractivity contribution in [3.05, 3.63) is 102 Å². The number of amides is 2. The van der Waals surface area contributed by atoms with Gasteiger partial charge in [-0.25, -0.2) is 9.82 Å². The Morgan fingerprint density at radius 2 is 1.81 bits per heavy atom. The number of rotatable bonds is 6. The molecule has 4 aromatic rings. The molecule has 2 N–H and O–H groups in total. The number of aromatic nitrogens is 1. The van der Waals surface area contributed by atoms with E-state index in [1.165, 1.54) is 13.0 Å². The average Bonchev–Trinajstić information content (AvgIpc) is 3.12. The summed E-state index contributed by atoms with van der Waals surface area (Å²) in [5, 5.41) is 7.68. The molecule has 0 aliphatic rings. The minimum absolute atomic E-state index is 0.215. The van der Waals surface area contributed by atoms with Crippen LogP contribution >= 0.6 is 0 Å². The number of fused-ring (bicyclic) bond motifs is 1. The lowest BCUT2D eigenvalue weighted by Gasteiger charge is -2.06. The van der Waals surface area contributed by atoms with Gasteiger partial charge in [0, 0.05) is 46.4 Å². The Labute approximate surface area is 184 Å². The van der Waals surface area contributed by atoms with Crippen LogP contribution in [-0.4, -0.2) is 22.6 Å². The van der Waals surface area contributed by atoms with E-state index in [9.17, 15) is 14.0 Å². The van der Waals surface area contributed by atoms with Gasteiger partial charge >= 0.3 is 0 Å². The Morgan fingerprint density at radius 3 is 2.62 bits per heavy atom. The first-order valence-electron chi connectivity index (χ1n) is 10.0. The molecule has 0 saturated heterocycles. The maximum absolute atomic E-state index is 14.1. The third kappa shape index (κ3) is 4.73. The highest BCUT2D eigenvalue weighted by molar-refractivity contribution is 6.01. The molecule has 0 radical (unpaired) electrons. The van der Waals surface area contributed by atoms with E-state index in [1.807, 2.05) is 41.1 Å². The highest BCUT2D eigenvalue weighted by atomic mass is 19.1. The second kappa shape index (κ2) is 9.26. The van der Waals surface area contributed by atoms with Gasteiger partial charge in [-0.2, -0.15) is 5.10 Å². The molecule has 6 nitrogen and oxygen atoms in total. The number of benzene rings is 3. The number of carbonyl (C=O) groups is 2. The summed E-state index contributed by atoms with van der Waals surface area (Å²) < 4.78 is 16.1. The zero-order valence-corrected chi connectivity index (χ0v) is 17.4. The lowest BCUT2D eigenvalue weighted by atomic mass is 10.2. The summed E-state index contributed by atoms with van der Waals surface area (Å²) >= 11 is 0. The second-order valence-corrected chi connectivity index (χ2v) is 7.28. The number of hydrogen-bond acceptors (Lipinski definition) is 3. The molecule has 160 valence electrons. The molecule has 2 amide bonds. The predicted molar refractivity (Wildman–Crippen MR) is 123 cm³/mol. The Hall–Kier alpha value is -4.26. The van der Waals surface area contributed by atoms with Crippen molar-refractivity contribution in [3.63, 3.8) is 0 Å². The normalized spacial score (nSPS) is 11.1. The van der Waals surface area contributed by atoms with Gasteiger partial charge in [-0.15, -0.1) is 0 Å². The Balaban J connectivity index is 1.54. The van der Waals surface area contributed by atoms with Crippen LogP contribution in [-0.2, 0) is 11.3 Å². The molecule has 32 heavy (non-hydrogen) atoms. The number of halogens is 1. The van der Waals surface area contributed by atoms with Crippen molar-refractivity contribution in [2.24, 2.45) is 5.10 Å². The third-order valence-electron chi connectivity index (χ3n) is 4.93. The van der Waals surface area contributed by atoms with Crippen LogP contribution in [0.1, 0.15) is 28.4 Å². The van der Waals surface area contributed by atoms with Gasteiger partial charge in [0.1, 0.15) is 5.82 Å². The molecule has 1 aromatic heterocycles. The molecule has 0 atom stereocenters. The number of nitrogens with one attached hydrogen (secondary N) is 2. The topological polar surface area (TPSA) is 75.5 Å². The number of para-hydroxylation sites is 1. The van der Waals surface area contributed by atoms with Gasteiger partial charge in [0.05, 0.1) is 12.8 Å². The zero-order chi connectivity index (χ0) is 22.5. The first-order valence-corrected chi connectivity index (χ1v) is 10.0. The smallest absolute Gasteiger partial charge is 0.271 e. The van der Waals surface area contributed by atoms with Crippen LogP contribution in [0.3, 0.4) is 0 Å². The Kier molecular flexibility index (Phi) is 6.07. The molecular weight excluding hydrogens is 407 g/mol. The highest BCUT2D eigenvalue weighted by Crippen LogP contribution is 2.22. The maximum atomic E-state index is 14.1. The molecular formula is C25H21FN4O2.